The van der Waals surface area contributed by atoms with E-state index in [-0.39, 0.29) is 5.91 Å². The van der Waals surface area contributed by atoms with Crippen LogP contribution in [0, 0.1) is 0 Å². The summed E-state index contributed by atoms with van der Waals surface area (Å²) in [6.45, 7) is 3.81. The first-order chi connectivity index (χ1) is 15.7. The third-order valence-corrected chi connectivity index (χ3v) is 6.24. The third kappa shape index (κ3) is 5.15. The minimum Gasteiger partial charge on any atom is -0.497 e. The second kappa shape index (κ2) is 10.4. The Morgan fingerprint density at radius 2 is 1.75 bits per heavy atom. The van der Waals surface area contributed by atoms with Gasteiger partial charge >= 0.3 is 0 Å². The van der Waals surface area contributed by atoms with Crippen molar-refractivity contribution in [2.75, 3.05) is 20.3 Å². The van der Waals surface area contributed by atoms with Crippen LogP contribution < -0.4 is 9.54 Å². The molecule has 3 aromatic carbocycles. The summed E-state index contributed by atoms with van der Waals surface area (Å²) in [5.41, 5.74) is 3.99. The number of hydrogen-bond acceptors (Lipinski definition) is 4. The predicted molar refractivity (Wildman–Crippen MR) is 128 cm³/mol. The molecule has 1 aromatic heterocycles. The van der Waals surface area contributed by atoms with Crippen LogP contribution in [0.2, 0.25) is 0 Å². The lowest BCUT2D eigenvalue weighted by molar-refractivity contribution is 0.0996. The van der Waals surface area contributed by atoms with Gasteiger partial charge in [0, 0.05) is 18.7 Å². The number of carbonyl (C=O) groups excluding carboxylic acids is 1. The van der Waals surface area contributed by atoms with Crippen molar-refractivity contribution in [2.45, 2.75) is 19.9 Å². The van der Waals surface area contributed by atoms with Gasteiger partial charge in [0.25, 0.3) is 5.91 Å². The molecule has 6 heteroatoms. The molecule has 0 unspecified atom stereocenters. The number of methoxy groups -OCH3 is 1. The fourth-order valence-electron chi connectivity index (χ4n) is 3.53. The summed E-state index contributed by atoms with van der Waals surface area (Å²) >= 11 is 1.48. The standard InChI is InChI=1S/C26H26N2O3S/c1-3-31-16-15-28-23-14-13-22(30-2)18-24(23)32-26(28)27-25(29)21-11-9-20(10-12-21)17-19-7-5-4-6-8-19/h4-14,18H,3,15-17H2,1-2H3. The molecule has 1 heterocycles. The van der Waals surface area contributed by atoms with Crippen LogP contribution in [0.25, 0.3) is 10.2 Å². The topological polar surface area (TPSA) is 52.8 Å². The van der Waals surface area contributed by atoms with Crippen molar-refractivity contribution in [1.82, 2.24) is 4.57 Å². The molecule has 0 aliphatic carbocycles. The summed E-state index contributed by atoms with van der Waals surface area (Å²) in [6, 6.07) is 23.9. The van der Waals surface area contributed by atoms with Crippen LogP contribution in [0.3, 0.4) is 0 Å². The molecule has 0 saturated heterocycles. The molecule has 0 fully saturated rings. The van der Waals surface area contributed by atoms with Gasteiger partial charge in [-0.3, -0.25) is 4.79 Å². The molecule has 4 aromatic rings. The van der Waals surface area contributed by atoms with Crippen LogP contribution in [0.1, 0.15) is 28.4 Å². The fourth-order valence-corrected chi connectivity index (χ4v) is 4.61. The minimum absolute atomic E-state index is 0.250. The molecule has 164 valence electrons. The lowest BCUT2D eigenvalue weighted by Gasteiger charge is -2.06. The van der Waals surface area contributed by atoms with Crippen LogP contribution in [-0.4, -0.2) is 30.8 Å². The summed E-state index contributed by atoms with van der Waals surface area (Å²) in [5, 5.41) is 0. The Labute approximate surface area is 191 Å². The van der Waals surface area contributed by atoms with Crippen LogP contribution in [-0.2, 0) is 17.7 Å². The van der Waals surface area contributed by atoms with E-state index in [0.29, 0.717) is 30.1 Å². The van der Waals surface area contributed by atoms with E-state index in [2.05, 4.69) is 17.1 Å². The Balaban J connectivity index is 1.62. The zero-order valence-electron chi connectivity index (χ0n) is 18.3. The number of thiazole rings is 1. The zero-order chi connectivity index (χ0) is 22.3. The largest absolute Gasteiger partial charge is 0.497 e. The predicted octanol–water partition coefficient (Wildman–Crippen LogP) is 5.08. The van der Waals surface area contributed by atoms with E-state index in [1.54, 1.807) is 7.11 Å². The van der Waals surface area contributed by atoms with E-state index in [9.17, 15) is 4.79 Å². The molecule has 0 radical (unpaired) electrons. The summed E-state index contributed by atoms with van der Waals surface area (Å²) in [7, 11) is 1.65. The van der Waals surface area contributed by atoms with Gasteiger partial charge in [-0.25, -0.2) is 0 Å². The van der Waals surface area contributed by atoms with Crippen molar-refractivity contribution in [3.05, 3.63) is 94.3 Å². The van der Waals surface area contributed by atoms with Crippen LogP contribution in [0.15, 0.2) is 77.8 Å². The monoisotopic (exact) mass is 446 g/mol. The van der Waals surface area contributed by atoms with E-state index in [1.165, 1.54) is 16.9 Å². The molecular formula is C26H26N2O3S. The molecule has 0 saturated carbocycles. The maximum Gasteiger partial charge on any atom is 0.279 e. The molecule has 0 aliphatic rings. The summed E-state index contributed by atoms with van der Waals surface area (Å²) in [6.07, 6.45) is 0.835. The first kappa shape index (κ1) is 22.0. The zero-order valence-corrected chi connectivity index (χ0v) is 19.1. The van der Waals surface area contributed by atoms with Gasteiger partial charge < -0.3 is 14.0 Å². The average molecular weight is 447 g/mol. The maximum absolute atomic E-state index is 12.9. The number of ether oxygens (including phenoxy) is 2. The number of carbonyl (C=O) groups is 1. The Morgan fingerprint density at radius 1 is 1.00 bits per heavy atom. The van der Waals surface area contributed by atoms with E-state index < -0.39 is 0 Å². The van der Waals surface area contributed by atoms with Gasteiger partial charge in [-0.2, -0.15) is 4.99 Å². The number of amides is 1. The van der Waals surface area contributed by atoms with E-state index in [1.807, 2.05) is 72.2 Å². The highest BCUT2D eigenvalue weighted by atomic mass is 32.1. The van der Waals surface area contributed by atoms with Crippen LogP contribution in [0.5, 0.6) is 5.75 Å². The van der Waals surface area contributed by atoms with Gasteiger partial charge in [-0.05, 0) is 54.8 Å². The van der Waals surface area contributed by atoms with Crippen molar-refractivity contribution >= 4 is 27.5 Å². The van der Waals surface area contributed by atoms with Gasteiger partial charge in [-0.15, -0.1) is 0 Å². The highest BCUT2D eigenvalue weighted by Gasteiger charge is 2.11. The molecule has 0 atom stereocenters. The van der Waals surface area contributed by atoms with Crippen molar-refractivity contribution in [3.63, 3.8) is 0 Å². The Bertz CT molecular complexity index is 1260. The van der Waals surface area contributed by atoms with Gasteiger partial charge in [0.15, 0.2) is 4.80 Å². The number of hydrogen-bond donors (Lipinski definition) is 0. The molecule has 0 aliphatic heterocycles. The molecule has 0 spiro atoms. The number of benzene rings is 3. The molecule has 1 amide bonds. The SMILES string of the molecule is CCOCCn1c(=NC(=O)c2ccc(Cc3ccccc3)cc2)sc2cc(OC)ccc21. The van der Waals surface area contributed by atoms with Crippen LogP contribution >= 0.6 is 11.3 Å². The van der Waals surface area contributed by atoms with Crippen molar-refractivity contribution in [3.8, 4) is 5.75 Å². The second-order valence-electron chi connectivity index (χ2n) is 7.34. The quantitative estimate of drug-likeness (QED) is 0.355. The number of fused-ring (bicyclic) bond motifs is 1. The van der Waals surface area contributed by atoms with Crippen LogP contribution in [0.4, 0.5) is 0 Å². The average Bonchev–Trinajstić information content (AvgIpc) is 3.16. The molecule has 32 heavy (non-hydrogen) atoms. The third-order valence-electron chi connectivity index (χ3n) is 5.20. The first-order valence-electron chi connectivity index (χ1n) is 10.6. The van der Waals surface area contributed by atoms with E-state index >= 15 is 0 Å². The molecule has 0 bridgehead atoms. The first-order valence-corrected chi connectivity index (χ1v) is 11.5. The fraction of sp³-hybridized carbons (Fsp3) is 0.231. The van der Waals surface area contributed by atoms with Gasteiger partial charge in [-0.1, -0.05) is 53.8 Å². The summed E-state index contributed by atoms with van der Waals surface area (Å²) in [4.78, 5) is 18.1. The molecule has 5 nitrogen and oxygen atoms in total. The summed E-state index contributed by atoms with van der Waals surface area (Å²) in [5.74, 6) is 0.530. The normalized spacial score (nSPS) is 11.8. The smallest absolute Gasteiger partial charge is 0.279 e. The maximum atomic E-state index is 12.9. The second-order valence-corrected chi connectivity index (χ2v) is 8.35. The number of nitrogens with zero attached hydrogens (tertiary/aromatic N) is 2. The lowest BCUT2D eigenvalue weighted by atomic mass is 10.0. The van der Waals surface area contributed by atoms with Crippen molar-refractivity contribution in [2.24, 2.45) is 4.99 Å². The van der Waals surface area contributed by atoms with Crippen molar-refractivity contribution < 1.29 is 14.3 Å². The minimum atomic E-state index is -0.250. The summed E-state index contributed by atoms with van der Waals surface area (Å²) < 4.78 is 13.9. The van der Waals surface area contributed by atoms with Gasteiger partial charge in [0.1, 0.15) is 5.75 Å². The molecular weight excluding hydrogens is 420 g/mol. The number of rotatable bonds is 8. The molecule has 4 rings (SSSR count). The number of aromatic nitrogens is 1. The van der Waals surface area contributed by atoms with E-state index in [4.69, 9.17) is 9.47 Å². The Kier molecular flexibility index (Phi) is 7.14. The van der Waals surface area contributed by atoms with E-state index in [0.717, 1.165) is 28.0 Å². The van der Waals surface area contributed by atoms with Crippen molar-refractivity contribution in [1.29, 1.82) is 0 Å². The lowest BCUT2D eigenvalue weighted by Crippen LogP contribution is -2.19. The Hall–Kier alpha value is -3.22. The molecule has 0 N–H and O–H groups in total. The Morgan fingerprint density at radius 3 is 2.47 bits per heavy atom. The highest BCUT2D eigenvalue weighted by molar-refractivity contribution is 7.16. The van der Waals surface area contributed by atoms with Gasteiger partial charge in [0.2, 0.25) is 0 Å². The highest BCUT2D eigenvalue weighted by Crippen LogP contribution is 2.23. The van der Waals surface area contributed by atoms with Gasteiger partial charge in [0.05, 0.1) is 23.9 Å².